The Morgan fingerprint density at radius 2 is 1.45 bits per heavy atom. The Labute approximate surface area is 204 Å². The van der Waals surface area contributed by atoms with Crippen LogP contribution in [0.15, 0.2) is 12.2 Å². The van der Waals surface area contributed by atoms with Crippen molar-refractivity contribution in [3.8, 4) is 0 Å². The van der Waals surface area contributed by atoms with E-state index in [2.05, 4.69) is 55.0 Å². The molecule has 5 saturated carbocycles. The summed E-state index contributed by atoms with van der Waals surface area (Å²) in [6.45, 7) is 24.5. The first-order chi connectivity index (χ1) is 15.3. The first kappa shape index (κ1) is 24.1. The molecule has 0 unspecified atom stereocenters. The summed E-state index contributed by atoms with van der Waals surface area (Å²) in [5.41, 5.74) is 3.00. The monoisotopic (exact) mass is 452 g/mol. The van der Waals surface area contributed by atoms with Gasteiger partial charge in [-0.25, -0.2) is 0 Å². The highest BCUT2D eigenvalue weighted by Crippen LogP contribution is 2.77. The van der Waals surface area contributed by atoms with Crippen molar-refractivity contribution >= 4 is 5.78 Å². The predicted octanol–water partition coefficient (Wildman–Crippen LogP) is 8.87. The van der Waals surface area contributed by atoms with E-state index < -0.39 is 0 Å². The topological polar surface area (TPSA) is 17.1 Å². The van der Waals surface area contributed by atoms with Crippen LogP contribution in [-0.2, 0) is 4.79 Å². The molecule has 0 spiro atoms. The molecule has 5 aliphatic carbocycles. The maximum absolute atomic E-state index is 13.2. The van der Waals surface area contributed by atoms with E-state index in [1.54, 1.807) is 0 Å². The third kappa shape index (κ3) is 2.81. The largest absolute Gasteiger partial charge is 0.299 e. The normalized spacial score (nSPS) is 55.0. The summed E-state index contributed by atoms with van der Waals surface area (Å²) in [6.07, 6.45) is 13.1. The van der Waals surface area contributed by atoms with Crippen LogP contribution in [0.5, 0.6) is 0 Å². The van der Waals surface area contributed by atoms with Gasteiger partial charge in [0.05, 0.1) is 0 Å². The second kappa shape index (κ2) is 7.22. The molecule has 0 aliphatic heterocycles. The Bertz CT molecular complexity index is 853. The molecule has 0 heterocycles. The van der Waals surface area contributed by atoms with E-state index in [9.17, 15) is 4.79 Å². The molecule has 5 aliphatic rings. The van der Waals surface area contributed by atoms with Crippen LogP contribution in [0.3, 0.4) is 0 Å². The van der Waals surface area contributed by atoms with Gasteiger partial charge >= 0.3 is 0 Å². The summed E-state index contributed by atoms with van der Waals surface area (Å²) in [6, 6.07) is 0. The van der Waals surface area contributed by atoms with Crippen LogP contribution < -0.4 is 0 Å². The molecule has 0 bridgehead atoms. The highest BCUT2D eigenvalue weighted by molar-refractivity contribution is 5.83. The lowest BCUT2D eigenvalue weighted by atomic mass is 9.32. The van der Waals surface area contributed by atoms with Gasteiger partial charge < -0.3 is 0 Å². The number of Topliss-reactive ketones (excluding diaryl/α,β-unsaturated/α-hetero) is 1. The lowest BCUT2D eigenvalue weighted by molar-refractivity contribution is -0.240. The molecular formula is C32H52O. The zero-order chi connectivity index (χ0) is 24.2. The average Bonchev–Trinajstić information content (AvgIpc) is 3.13. The fraction of sp³-hybridized carbons (Fsp3) is 0.906. The number of hydrogen-bond acceptors (Lipinski definition) is 1. The van der Waals surface area contributed by atoms with Gasteiger partial charge in [-0.2, -0.15) is 0 Å². The van der Waals surface area contributed by atoms with E-state index in [1.807, 2.05) is 6.92 Å². The minimum absolute atomic E-state index is 0.0552. The van der Waals surface area contributed by atoms with Crippen molar-refractivity contribution in [1.29, 1.82) is 0 Å². The molecule has 0 aromatic rings. The van der Waals surface area contributed by atoms with Crippen molar-refractivity contribution in [3.05, 3.63) is 12.2 Å². The van der Waals surface area contributed by atoms with Crippen molar-refractivity contribution in [1.82, 2.24) is 0 Å². The molecule has 0 N–H and O–H groups in total. The Morgan fingerprint density at radius 3 is 2.09 bits per heavy atom. The fourth-order valence-corrected chi connectivity index (χ4v) is 11.9. The summed E-state index contributed by atoms with van der Waals surface area (Å²) in [5, 5.41) is 0. The van der Waals surface area contributed by atoms with Gasteiger partial charge in [0, 0.05) is 5.41 Å². The molecule has 5 fully saturated rings. The van der Waals surface area contributed by atoms with Crippen molar-refractivity contribution in [2.45, 2.75) is 120 Å². The summed E-state index contributed by atoms with van der Waals surface area (Å²) in [4.78, 5) is 13.2. The molecule has 33 heavy (non-hydrogen) atoms. The molecule has 0 amide bonds. The van der Waals surface area contributed by atoms with Crippen molar-refractivity contribution < 1.29 is 4.79 Å². The second-order valence-corrected chi connectivity index (χ2v) is 15.2. The second-order valence-electron chi connectivity index (χ2n) is 15.2. The highest BCUT2D eigenvalue weighted by Gasteiger charge is 2.71. The van der Waals surface area contributed by atoms with Crippen LogP contribution in [-0.4, -0.2) is 5.78 Å². The summed E-state index contributed by atoms with van der Waals surface area (Å²) < 4.78 is 0. The molecule has 10 atom stereocenters. The first-order valence-corrected chi connectivity index (χ1v) is 14.4. The van der Waals surface area contributed by atoms with Crippen LogP contribution in [0.1, 0.15) is 120 Å². The average molecular weight is 453 g/mol. The molecule has 1 nitrogen and oxygen atoms in total. The van der Waals surface area contributed by atoms with Crippen LogP contribution in [0.25, 0.3) is 0 Å². The maximum atomic E-state index is 13.2. The highest BCUT2D eigenvalue weighted by atomic mass is 16.1. The third-order valence-corrected chi connectivity index (χ3v) is 14.3. The Morgan fingerprint density at radius 1 is 0.758 bits per heavy atom. The quantitative estimate of drug-likeness (QED) is 0.382. The predicted molar refractivity (Wildman–Crippen MR) is 139 cm³/mol. The molecule has 5 rings (SSSR count). The van der Waals surface area contributed by atoms with Gasteiger partial charge in [0.2, 0.25) is 0 Å². The van der Waals surface area contributed by atoms with Gasteiger partial charge in [-0.3, -0.25) is 4.79 Å². The number of fused-ring (bicyclic) bond motifs is 7. The van der Waals surface area contributed by atoms with Crippen molar-refractivity contribution in [3.63, 3.8) is 0 Å². The fourth-order valence-electron chi connectivity index (χ4n) is 11.9. The molecule has 0 aromatic heterocycles. The van der Waals surface area contributed by atoms with E-state index in [4.69, 9.17) is 0 Å². The molecule has 0 saturated heterocycles. The van der Waals surface area contributed by atoms with E-state index in [0.717, 1.165) is 30.6 Å². The first-order valence-electron chi connectivity index (χ1n) is 14.4. The SMILES string of the molecule is C=C(C)[C@@H]1CC[C@]2(C(C)=O)CC[C@]3(C)[C@H](CC[C@@H]4[C@@]5(C)CC[C@H](C)C(C)(C)[C@@H]5CC[C@]43C)[C@@H]12. The number of rotatable bonds is 2. The van der Waals surface area contributed by atoms with E-state index in [-0.39, 0.29) is 5.41 Å². The number of carbonyl (C=O) groups is 1. The van der Waals surface area contributed by atoms with Gasteiger partial charge in [-0.15, -0.1) is 0 Å². The van der Waals surface area contributed by atoms with Crippen LogP contribution in [0.2, 0.25) is 0 Å². The molecule has 0 radical (unpaired) electrons. The summed E-state index contributed by atoms with van der Waals surface area (Å²) in [7, 11) is 0. The minimum atomic E-state index is -0.0552. The lowest BCUT2D eigenvalue weighted by Crippen LogP contribution is -2.66. The lowest BCUT2D eigenvalue weighted by Gasteiger charge is -2.73. The Hall–Kier alpha value is -0.590. The van der Waals surface area contributed by atoms with Gasteiger partial charge in [0.25, 0.3) is 0 Å². The Balaban J connectivity index is 1.57. The molecule has 0 aromatic carbocycles. The van der Waals surface area contributed by atoms with Gasteiger partial charge in [-0.05, 0) is 135 Å². The van der Waals surface area contributed by atoms with Crippen LogP contribution in [0, 0.1) is 62.6 Å². The standard InChI is InChI=1S/C32H52O/c1-20(2)23-13-17-32(22(4)33)19-18-30(8)24(27(23)32)10-11-26-29(7)15-12-21(3)28(5,6)25(29)14-16-31(26,30)9/h21,23-27H,1,10-19H2,2-9H3/t21-,23-,24+,25-,26+,27+,29-,30+,31+,32+/m0/s1. The summed E-state index contributed by atoms with van der Waals surface area (Å²) in [5.74, 6) is 4.82. The zero-order valence-electron chi connectivity index (χ0n) is 23.2. The number of allylic oxidation sites excluding steroid dienone is 1. The zero-order valence-corrected chi connectivity index (χ0v) is 23.2. The van der Waals surface area contributed by atoms with Gasteiger partial charge in [0.1, 0.15) is 5.78 Å². The van der Waals surface area contributed by atoms with Crippen LogP contribution >= 0.6 is 0 Å². The van der Waals surface area contributed by atoms with E-state index in [1.165, 1.54) is 56.9 Å². The van der Waals surface area contributed by atoms with Crippen molar-refractivity contribution in [2.24, 2.45) is 62.6 Å². The number of carbonyl (C=O) groups excluding carboxylic acids is 1. The van der Waals surface area contributed by atoms with Gasteiger partial charge in [-0.1, -0.05) is 53.7 Å². The molecule has 1 heteroatoms. The summed E-state index contributed by atoms with van der Waals surface area (Å²) >= 11 is 0. The van der Waals surface area contributed by atoms with Gasteiger partial charge in [0.15, 0.2) is 0 Å². The maximum Gasteiger partial charge on any atom is 0.136 e. The van der Waals surface area contributed by atoms with E-state index in [0.29, 0.717) is 45.2 Å². The van der Waals surface area contributed by atoms with Crippen LogP contribution in [0.4, 0.5) is 0 Å². The Kier molecular flexibility index (Phi) is 5.28. The molecular weight excluding hydrogens is 400 g/mol. The third-order valence-electron chi connectivity index (χ3n) is 14.3. The van der Waals surface area contributed by atoms with Crippen molar-refractivity contribution in [2.75, 3.05) is 0 Å². The smallest absolute Gasteiger partial charge is 0.136 e. The number of ketones is 1. The minimum Gasteiger partial charge on any atom is -0.299 e. The van der Waals surface area contributed by atoms with E-state index >= 15 is 0 Å². The number of hydrogen-bond donors (Lipinski definition) is 0. The molecule has 186 valence electrons.